The number of ether oxygens (including phenoxy) is 1. The quantitative estimate of drug-likeness (QED) is 0.676. The Labute approximate surface area is 173 Å². The summed E-state index contributed by atoms with van der Waals surface area (Å²) in [6, 6.07) is 9.59. The van der Waals surface area contributed by atoms with E-state index in [4.69, 9.17) is 4.74 Å². The van der Waals surface area contributed by atoms with Gasteiger partial charge in [0.05, 0.1) is 24.1 Å². The Balaban J connectivity index is 2.22. The fraction of sp³-hybridized carbons (Fsp3) is 0.350. The minimum absolute atomic E-state index is 0.101. The summed E-state index contributed by atoms with van der Waals surface area (Å²) in [7, 11) is -4.04. The van der Waals surface area contributed by atoms with Crippen LogP contribution in [0.5, 0.6) is 5.75 Å². The van der Waals surface area contributed by atoms with Gasteiger partial charge in [-0.1, -0.05) is 18.2 Å². The maximum atomic E-state index is 13.0. The normalized spacial score (nSPS) is 12.9. The van der Waals surface area contributed by atoms with Crippen molar-refractivity contribution in [3.05, 3.63) is 59.7 Å². The highest BCUT2D eigenvalue weighted by molar-refractivity contribution is 7.92. The average molecular weight is 444 g/mol. The summed E-state index contributed by atoms with van der Waals surface area (Å²) in [5.74, 6) is -0.0290. The summed E-state index contributed by atoms with van der Waals surface area (Å²) in [6.07, 6.45) is -3.81. The number of carbonyl (C=O) groups excluding carboxylic acids is 1. The molecule has 0 fully saturated rings. The van der Waals surface area contributed by atoms with Gasteiger partial charge in [0.2, 0.25) is 15.9 Å². The molecule has 0 saturated carbocycles. The molecule has 0 aliphatic carbocycles. The lowest BCUT2D eigenvalue weighted by Gasteiger charge is -2.28. The van der Waals surface area contributed by atoms with Crippen molar-refractivity contribution in [2.24, 2.45) is 0 Å². The lowest BCUT2D eigenvalue weighted by molar-refractivity contribution is -0.137. The van der Waals surface area contributed by atoms with E-state index in [1.807, 2.05) is 6.92 Å². The van der Waals surface area contributed by atoms with Gasteiger partial charge in [0.25, 0.3) is 0 Å². The Hall–Kier alpha value is -2.75. The SMILES string of the molecule is CCOc1cccc(CNC(=O)[C@@H](C)N(c2cccc(C(F)(F)F)c2)S(C)(=O)=O)c1. The fourth-order valence-corrected chi connectivity index (χ4v) is 4.04. The largest absolute Gasteiger partial charge is 0.494 e. The second-order valence-electron chi connectivity index (χ2n) is 6.58. The van der Waals surface area contributed by atoms with Crippen LogP contribution in [0.1, 0.15) is 25.0 Å². The van der Waals surface area contributed by atoms with Crippen LogP contribution in [0.15, 0.2) is 48.5 Å². The molecule has 0 aromatic heterocycles. The number of alkyl halides is 3. The molecule has 1 atom stereocenters. The van der Waals surface area contributed by atoms with Crippen molar-refractivity contribution in [2.75, 3.05) is 17.2 Å². The summed E-state index contributed by atoms with van der Waals surface area (Å²) < 4.78 is 69.7. The first kappa shape index (κ1) is 23.5. The van der Waals surface area contributed by atoms with Crippen LogP contribution < -0.4 is 14.4 Å². The highest BCUT2D eigenvalue weighted by Crippen LogP contribution is 2.32. The predicted molar refractivity (Wildman–Crippen MR) is 108 cm³/mol. The van der Waals surface area contributed by atoms with E-state index in [0.717, 1.165) is 24.0 Å². The van der Waals surface area contributed by atoms with Crippen molar-refractivity contribution in [3.8, 4) is 5.75 Å². The monoisotopic (exact) mass is 444 g/mol. The number of carbonyl (C=O) groups is 1. The van der Waals surface area contributed by atoms with Gasteiger partial charge in [-0.05, 0) is 49.7 Å². The van der Waals surface area contributed by atoms with E-state index >= 15 is 0 Å². The number of amides is 1. The number of sulfonamides is 1. The molecule has 164 valence electrons. The Morgan fingerprint density at radius 1 is 1.17 bits per heavy atom. The van der Waals surface area contributed by atoms with E-state index in [1.54, 1.807) is 24.3 Å². The van der Waals surface area contributed by atoms with Crippen LogP contribution in [-0.2, 0) is 27.5 Å². The first-order valence-corrected chi connectivity index (χ1v) is 10.9. The number of hydrogen-bond donors (Lipinski definition) is 1. The summed E-state index contributed by atoms with van der Waals surface area (Å²) in [5, 5.41) is 2.61. The molecule has 10 heteroatoms. The van der Waals surface area contributed by atoms with E-state index in [0.29, 0.717) is 22.7 Å². The van der Waals surface area contributed by atoms with E-state index in [2.05, 4.69) is 5.32 Å². The lowest BCUT2D eigenvalue weighted by Crippen LogP contribution is -2.47. The van der Waals surface area contributed by atoms with Crippen molar-refractivity contribution in [2.45, 2.75) is 32.6 Å². The molecule has 2 rings (SSSR count). The van der Waals surface area contributed by atoms with Crippen molar-refractivity contribution in [1.29, 1.82) is 0 Å². The molecule has 0 aliphatic rings. The Bertz CT molecular complexity index is 994. The maximum Gasteiger partial charge on any atom is 0.416 e. The molecule has 30 heavy (non-hydrogen) atoms. The zero-order chi connectivity index (χ0) is 22.5. The molecule has 0 aliphatic heterocycles. The number of hydrogen-bond acceptors (Lipinski definition) is 4. The zero-order valence-corrected chi connectivity index (χ0v) is 17.5. The molecule has 0 heterocycles. The minimum Gasteiger partial charge on any atom is -0.494 e. The summed E-state index contributed by atoms with van der Waals surface area (Å²) in [4.78, 5) is 12.6. The highest BCUT2D eigenvalue weighted by Gasteiger charge is 2.34. The second kappa shape index (κ2) is 9.38. The van der Waals surface area contributed by atoms with Gasteiger partial charge in [-0.25, -0.2) is 8.42 Å². The number of anilines is 1. The molecule has 0 bridgehead atoms. The first-order valence-electron chi connectivity index (χ1n) is 9.09. The standard InChI is InChI=1S/C20H23F3N2O4S/c1-4-29-18-10-5-7-15(11-18)13-24-19(26)14(2)25(30(3,27)28)17-9-6-8-16(12-17)20(21,22)23/h5-12,14H,4,13H2,1-3H3,(H,24,26)/t14-/m1/s1. The van der Waals surface area contributed by atoms with E-state index in [9.17, 15) is 26.4 Å². The lowest BCUT2D eigenvalue weighted by atomic mass is 10.1. The molecular formula is C20H23F3N2O4S. The Kier molecular flexibility index (Phi) is 7.35. The molecule has 2 aromatic carbocycles. The van der Waals surface area contributed by atoms with Crippen LogP contribution >= 0.6 is 0 Å². The molecule has 0 radical (unpaired) electrons. The number of nitrogens with one attached hydrogen (secondary N) is 1. The maximum absolute atomic E-state index is 13.0. The third-order valence-electron chi connectivity index (χ3n) is 4.19. The van der Waals surface area contributed by atoms with Crippen LogP contribution in [-0.4, -0.2) is 33.2 Å². The topological polar surface area (TPSA) is 75.7 Å². The van der Waals surface area contributed by atoms with Gasteiger partial charge < -0.3 is 10.1 Å². The summed E-state index contributed by atoms with van der Waals surface area (Å²) >= 11 is 0. The number of rotatable bonds is 8. The van der Waals surface area contributed by atoms with Crippen molar-refractivity contribution >= 4 is 21.6 Å². The van der Waals surface area contributed by atoms with Gasteiger partial charge in [0, 0.05) is 6.54 Å². The molecule has 1 amide bonds. The Morgan fingerprint density at radius 3 is 2.43 bits per heavy atom. The van der Waals surface area contributed by atoms with Crippen molar-refractivity contribution in [3.63, 3.8) is 0 Å². The van der Waals surface area contributed by atoms with Gasteiger partial charge >= 0.3 is 6.18 Å². The minimum atomic E-state index is -4.64. The summed E-state index contributed by atoms with van der Waals surface area (Å²) in [6.45, 7) is 3.73. The van der Waals surface area contributed by atoms with Gasteiger partial charge in [-0.15, -0.1) is 0 Å². The number of benzene rings is 2. The fourth-order valence-electron chi connectivity index (χ4n) is 2.88. The van der Waals surface area contributed by atoms with Gasteiger partial charge in [-0.2, -0.15) is 13.2 Å². The second-order valence-corrected chi connectivity index (χ2v) is 8.44. The van der Waals surface area contributed by atoms with Crippen LogP contribution in [0.4, 0.5) is 18.9 Å². The summed E-state index contributed by atoms with van der Waals surface area (Å²) in [5.41, 5.74) is -0.520. The van der Waals surface area contributed by atoms with Crippen LogP contribution in [0.25, 0.3) is 0 Å². The first-order chi connectivity index (χ1) is 13.9. The smallest absolute Gasteiger partial charge is 0.416 e. The van der Waals surface area contributed by atoms with Crippen LogP contribution in [0.2, 0.25) is 0 Å². The molecule has 6 nitrogen and oxygen atoms in total. The third kappa shape index (κ3) is 6.12. The molecule has 1 N–H and O–H groups in total. The van der Waals surface area contributed by atoms with Gasteiger partial charge in [0.15, 0.2) is 0 Å². The highest BCUT2D eigenvalue weighted by atomic mass is 32.2. The van der Waals surface area contributed by atoms with Crippen molar-refractivity contribution < 1.29 is 31.1 Å². The van der Waals surface area contributed by atoms with Crippen molar-refractivity contribution in [1.82, 2.24) is 5.32 Å². The van der Waals surface area contributed by atoms with Gasteiger partial charge in [-0.3, -0.25) is 9.10 Å². The molecule has 0 spiro atoms. The average Bonchev–Trinajstić information content (AvgIpc) is 2.65. The molecule has 2 aromatic rings. The Morgan fingerprint density at radius 2 is 1.83 bits per heavy atom. The predicted octanol–water partition coefficient (Wildman–Crippen LogP) is 3.58. The van der Waals surface area contributed by atoms with Crippen LogP contribution in [0.3, 0.4) is 0 Å². The number of nitrogens with zero attached hydrogens (tertiary/aromatic N) is 1. The molecular weight excluding hydrogens is 421 g/mol. The van der Waals surface area contributed by atoms with Crippen LogP contribution in [0, 0.1) is 0 Å². The third-order valence-corrected chi connectivity index (χ3v) is 5.43. The van der Waals surface area contributed by atoms with E-state index < -0.39 is 33.7 Å². The zero-order valence-electron chi connectivity index (χ0n) is 16.7. The van der Waals surface area contributed by atoms with Gasteiger partial charge in [0.1, 0.15) is 11.8 Å². The number of halogens is 3. The van der Waals surface area contributed by atoms with E-state index in [-0.39, 0.29) is 12.2 Å². The molecule has 0 unspecified atom stereocenters. The van der Waals surface area contributed by atoms with E-state index in [1.165, 1.54) is 13.0 Å². The molecule has 0 saturated heterocycles.